The Hall–Kier alpha value is -1.51. The van der Waals surface area contributed by atoms with Crippen LogP contribution in [-0.2, 0) is 9.53 Å². The molecule has 0 aliphatic heterocycles. The van der Waals surface area contributed by atoms with Crippen LogP contribution in [0.2, 0.25) is 0 Å². The van der Waals surface area contributed by atoms with Crippen LogP contribution in [0.25, 0.3) is 0 Å². The maximum Gasteiger partial charge on any atom is 0.312 e. The third-order valence-corrected chi connectivity index (χ3v) is 4.17. The maximum absolute atomic E-state index is 12.0. The molecule has 3 heteroatoms. The normalized spacial score (nSPS) is 29.8. The van der Waals surface area contributed by atoms with Crippen LogP contribution in [0.4, 0.5) is 0 Å². The van der Waals surface area contributed by atoms with E-state index in [1.54, 1.807) is 7.11 Å². The van der Waals surface area contributed by atoms with Crippen molar-refractivity contribution in [2.45, 2.75) is 26.7 Å². The molecule has 0 bridgehead atoms. The van der Waals surface area contributed by atoms with Gasteiger partial charge in [0.15, 0.2) is 0 Å². The minimum Gasteiger partial charge on any atom is -0.497 e. The molecule has 18 heavy (non-hydrogen) atoms. The number of hydrogen-bond acceptors (Lipinski definition) is 3. The Kier molecular flexibility index (Phi) is 3.33. The molecular weight excluding hydrogens is 228 g/mol. The zero-order chi connectivity index (χ0) is 13.3. The second kappa shape index (κ2) is 4.63. The second-order valence-electron chi connectivity index (χ2n) is 5.04. The summed E-state index contributed by atoms with van der Waals surface area (Å²) in [6.07, 6.45) is 0. The van der Waals surface area contributed by atoms with Gasteiger partial charge in [-0.25, -0.2) is 0 Å². The molecule has 3 atom stereocenters. The molecule has 3 nitrogen and oxygen atoms in total. The van der Waals surface area contributed by atoms with E-state index in [1.807, 2.05) is 38.1 Å². The highest BCUT2D eigenvalue weighted by Crippen LogP contribution is 2.65. The van der Waals surface area contributed by atoms with Gasteiger partial charge in [0.1, 0.15) is 5.75 Å². The fraction of sp³-hybridized carbons (Fsp3) is 0.533. The summed E-state index contributed by atoms with van der Waals surface area (Å²) in [4.78, 5) is 12.0. The number of rotatable bonds is 4. The molecule has 1 fully saturated rings. The van der Waals surface area contributed by atoms with E-state index in [2.05, 4.69) is 6.92 Å². The van der Waals surface area contributed by atoms with E-state index in [-0.39, 0.29) is 17.3 Å². The lowest BCUT2D eigenvalue weighted by Gasteiger charge is -2.10. The van der Waals surface area contributed by atoms with Crippen molar-refractivity contribution in [1.29, 1.82) is 0 Å². The standard InChI is InChI=1S/C15H20O3/c1-5-18-14(16)15(3)10(2)13(15)11-6-8-12(17-4)9-7-11/h6-10,13H,5H2,1-4H3/t10-,13+,15?/m1/s1. The molecule has 0 saturated heterocycles. The number of benzene rings is 1. The van der Waals surface area contributed by atoms with Crippen molar-refractivity contribution in [2.75, 3.05) is 13.7 Å². The van der Waals surface area contributed by atoms with E-state index in [4.69, 9.17) is 9.47 Å². The Morgan fingerprint density at radius 2 is 1.94 bits per heavy atom. The van der Waals surface area contributed by atoms with Crippen LogP contribution in [0.15, 0.2) is 24.3 Å². The van der Waals surface area contributed by atoms with Crippen molar-refractivity contribution >= 4 is 5.97 Å². The Morgan fingerprint density at radius 3 is 2.44 bits per heavy atom. The number of hydrogen-bond donors (Lipinski definition) is 0. The molecule has 1 aromatic carbocycles. The molecular formula is C15H20O3. The van der Waals surface area contributed by atoms with Gasteiger partial charge in [-0.1, -0.05) is 19.1 Å². The van der Waals surface area contributed by atoms with E-state index in [0.717, 1.165) is 5.75 Å². The molecule has 1 aliphatic rings. The second-order valence-corrected chi connectivity index (χ2v) is 5.04. The van der Waals surface area contributed by atoms with Crippen LogP contribution in [0.1, 0.15) is 32.3 Å². The first kappa shape index (κ1) is 12.9. The SMILES string of the molecule is CCOC(=O)C1(C)[C@H](C)[C@H]1c1ccc(OC)cc1. The molecule has 0 spiro atoms. The summed E-state index contributed by atoms with van der Waals surface area (Å²) in [5.41, 5.74) is 0.809. The molecule has 0 heterocycles. The summed E-state index contributed by atoms with van der Waals surface area (Å²) in [6.45, 7) is 6.38. The van der Waals surface area contributed by atoms with Gasteiger partial charge < -0.3 is 9.47 Å². The summed E-state index contributed by atoms with van der Waals surface area (Å²) < 4.78 is 10.3. The molecule has 2 rings (SSSR count). The first-order valence-corrected chi connectivity index (χ1v) is 6.36. The van der Waals surface area contributed by atoms with E-state index in [9.17, 15) is 4.79 Å². The fourth-order valence-corrected chi connectivity index (χ4v) is 2.77. The number of carbonyl (C=O) groups is 1. The van der Waals surface area contributed by atoms with Gasteiger partial charge in [0.2, 0.25) is 0 Å². The highest BCUT2D eigenvalue weighted by molar-refractivity contribution is 5.82. The molecule has 1 unspecified atom stereocenters. The lowest BCUT2D eigenvalue weighted by atomic mass is 10.0. The van der Waals surface area contributed by atoms with Crippen molar-refractivity contribution in [3.63, 3.8) is 0 Å². The molecule has 1 saturated carbocycles. The molecule has 1 aliphatic carbocycles. The molecule has 98 valence electrons. The average Bonchev–Trinajstić information content (AvgIpc) is 2.94. The zero-order valence-corrected chi connectivity index (χ0v) is 11.4. The quantitative estimate of drug-likeness (QED) is 0.768. The third-order valence-electron chi connectivity index (χ3n) is 4.17. The van der Waals surface area contributed by atoms with Crippen LogP contribution in [-0.4, -0.2) is 19.7 Å². The minimum absolute atomic E-state index is 0.0849. The van der Waals surface area contributed by atoms with Gasteiger partial charge in [-0.2, -0.15) is 0 Å². The highest BCUT2D eigenvalue weighted by atomic mass is 16.5. The summed E-state index contributed by atoms with van der Waals surface area (Å²) in [5, 5.41) is 0. The van der Waals surface area contributed by atoms with Crippen molar-refractivity contribution < 1.29 is 14.3 Å². The zero-order valence-electron chi connectivity index (χ0n) is 11.4. The molecule has 0 N–H and O–H groups in total. The van der Waals surface area contributed by atoms with Crippen molar-refractivity contribution in [1.82, 2.24) is 0 Å². The van der Waals surface area contributed by atoms with Crippen molar-refractivity contribution in [3.05, 3.63) is 29.8 Å². The van der Waals surface area contributed by atoms with Crippen LogP contribution in [0.5, 0.6) is 5.75 Å². The predicted octanol–water partition coefficient (Wildman–Crippen LogP) is 3.00. The van der Waals surface area contributed by atoms with Crippen LogP contribution >= 0.6 is 0 Å². The van der Waals surface area contributed by atoms with Gasteiger partial charge in [0, 0.05) is 5.92 Å². The van der Waals surface area contributed by atoms with Gasteiger partial charge in [-0.05, 0) is 37.5 Å². The highest BCUT2D eigenvalue weighted by Gasteiger charge is 2.65. The minimum atomic E-state index is -0.370. The van der Waals surface area contributed by atoms with Gasteiger partial charge >= 0.3 is 5.97 Å². The number of carbonyl (C=O) groups excluding carboxylic acids is 1. The average molecular weight is 248 g/mol. The first-order chi connectivity index (χ1) is 8.55. The third kappa shape index (κ3) is 1.88. The Bertz CT molecular complexity index is 438. The summed E-state index contributed by atoms with van der Waals surface area (Å²) in [5.74, 6) is 1.33. The number of methoxy groups -OCH3 is 1. The molecule has 1 aromatic rings. The Labute approximate surface area is 108 Å². The van der Waals surface area contributed by atoms with Crippen LogP contribution in [0, 0.1) is 11.3 Å². The summed E-state index contributed by atoms with van der Waals surface area (Å²) >= 11 is 0. The van der Waals surface area contributed by atoms with E-state index >= 15 is 0 Å². The largest absolute Gasteiger partial charge is 0.497 e. The summed E-state index contributed by atoms with van der Waals surface area (Å²) in [7, 11) is 1.65. The van der Waals surface area contributed by atoms with Gasteiger partial charge in [0.25, 0.3) is 0 Å². The van der Waals surface area contributed by atoms with E-state index in [1.165, 1.54) is 5.56 Å². The smallest absolute Gasteiger partial charge is 0.312 e. The topological polar surface area (TPSA) is 35.5 Å². The lowest BCUT2D eigenvalue weighted by molar-refractivity contribution is -0.149. The number of esters is 1. The lowest BCUT2D eigenvalue weighted by Crippen LogP contribution is -2.18. The van der Waals surface area contributed by atoms with Gasteiger partial charge in [-0.15, -0.1) is 0 Å². The Balaban J connectivity index is 2.17. The molecule has 0 aromatic heterocycles. The van der Waals surface area contributed by atoms with Crippen LogP contribution < -0.4 is 4.74 Å². The number of ether oxygens (including phenoxy) is 2. The molecule has 0 amide bonds. The van der Waals surface area contributed by atoms with E-state index < -0.39 is 0 Å². The van der Waals surface area contributed by atoms with Gasteiger partial charge in [-0.3, -0.25) is 4.79 Å². The maximum atomic E-state index is 12.0. The fourth-order valence-electron chi connectivity index (χ4n) is 2.77. The van der Waals surface area contributed by atoms with E-state index in [0.29, 0.717) is 12.5 Å². The monoisotopic (exact) mass is 248 g/mol. The van der Waals surface area contributed by atoms with Crippen molar-refractivity contribution in [3.8, 4) is 5.75 Å². The molecule has 0 radical (unpaired) electrons. The van der Waals surface area contributed by atoms with Crippen molar-refractivity contribution in [2.24, 2.45) is 11.3 Å². The Morgan fingerprint density at radius 1 is 1.33 bits per heavy atom. The first-order valence-electron chi connectivity index (χ1n) is 6.36. The van der Waals surface area contributed by atoms with Gasteiger partial charge in [0.05, 0.1) is 19.1 Å². The predicted molar refractivity (Wildman–Crippen MR) is 69.6 cm³/mol. The van der Waals surface area contributed by atoms with Crippen LogP contribution in [0.3, 0.4) is 0 Å². The summed E-state index contributed by atoms with van der Waals surface area (Å²) in [6, 6.07) is 7.94.